The minimum atomic E-state index is -1.24. The van der Waals surface area contributed by atoms with E-state index in [2.05, 4.69) is 33.6 Å². The van der Waals surface area contributed by atoms with E-state index in [4.69, 9.17) is 11.5 Å². The number of unbranched alkanes of at least 4 members (excludes halogenated alkanes) is 1. The predicted molar refractivity (Wildman–Crippen MR) is 153 cm³/mol. The van der Waals surface area contributed by atoms with Gasteiger partial charge in [-0.3, -0.25) is 14.4 Å². The number of aliphatic carboxylic acids is 1. The normalized spacial score (nSPS) is 14.3. The van der Waals surface area contributed by atoms with E-state index < -0.39 is 47.9 Å². The summed E-state index contributed by atoms with van der Waals surface area (Å²) >= 11 is 5.57. The molecule has 0 spiro atoms. The number of rotatable bonds is 17. The summed E-state index contributed by atoms with van der Waals surface area (Å²) in [7, 11) is 0. The number of carboxylic acids is 1. The van der Waals surface area contributed by atoms with Crippen molar-refractivity contribution in [3.8, 4) is 0 Å². The first-order valence-corrected chi connectivity index (χ1v) is 14.5. The Bertz CT molecular complexity index is 1080. The molecule has 0 radical (unpaired) electrons. The smallest absolute Gasteiger partial charge is 0.327 e. The van der Waals surface area contributed by atoms with Crippen molar-refractivity contribution in [3.05, 3.63) is 36.0 Å². The maximum atomic E-state index is 13.4. The number of H-pyrrole nitrogens is 1. The summed E-state index contributed by atoms with van der Waals surface area (Å²) in [5.41, 5.74) is 13.2. The van der Waals surface area contributed by atoms with Crippen LogP contribution in [-0.4, -0.2) is 82.3 Å². The minimum Gasteiger partial charge on any atom is -0.480 e. The lowest BCUT2D eigenvalue weighted by atomic mass is 10.0. The van der Waals surface area contributed by atoms with Gasteiger partial charge in [0.2, 0.25) is 17.7 Å². The number of carboxylic acid groups (broad SMARTS) is 1. The standard InChI is InChI=1S/C25H38N6O5S2/c1-38-11-9-17(27)22(32)29-19(8-4-5-10-26)23(33)30-20(24(34)31-21(14-37)25(35)36)12-15-13-28-18-7-3-2-6-16(15)18/h2-3,6-7,13,17,19-21,28,37H,4-5,8-12,14,26-27H2,1H3,(H,29,32)(H,30,33)(H,31,34)(H,35,36). The van der Waals surface area contributed by atoms with Gasteiger partial charge >= 0.3 is 5.97 Å². The largest absolute Gasteiger partial charge is 0.480 e. The van der Waals surface area contributed by atoms with Crippen LogP contribution in [0.5, 0.6) is 0 Å². The highest BCUT2D eigenvalue weighted by Gasteiger charge is 2.30. The molecule has 4 unspecified atom stereocenters. The summed E-state index contributed by atoms with van der Waals surface area (Å²) in [6, 6.07) is 3.45. The molecule has 210 valence electrons. The fraction of sp³-hybridized carbons (Fsp3) is 0.520. The molecule has 1 heterocycles. The lowest BCUT2D eigenvalue weighted by molar-refractivity contribution is -0.141. The van der Waals surface area contributed by atoms with Crippen molar-refractivity contribution in [1.82, 2.24) is 20.9 Å². The zero-order chi connectivity index (χ0) is 28.1. The number of nitrogens with one attached hydrogen (secondary N) is 4. The van der Waals surface area contributed by atoms with E-state index in [1.165, 1.54) is 0 Å². The maximum Gasteiger partial charge on any atom is 0.327 e. The van der Waals surface area contributed by atoms with Gasteiger partial charge in [0.05, 0.1) is 6.04 Å². The van der Waals surface area contributed by atoms with E-state index in [-0.39, 0.29) is 12.2 Å². The molecule has 2 aromatic rings. The van der Waals surface area contributed by atoms with Gasteiger partial charge in [0.25, 0.3) is 0 Å². The van der Waals surface area contributed by atoms with E-state index >= 15 is 0 Å². The van der Waals surface area contributed by atoms with Gasteiger partial charge in [-0.25, -0.2) is 4.79 Å². The number of carbonyl (C=O) groups is 4. The Labute approximate surface area is 232 Å². The summed E-state index contributed by atoms with van der Waals surface area (Å²) in [5, 5.41) is 18.1. The fourth-order valence-corrected chi connectivity index (χ4v) is 4.61. The molecular formula is C25H38N6O5S2. The highest BCUT2D eigenvalue weighted by atomic mass is 32.2. The van der Waals surface area contributed by atoms with Crippen LogP contribution in [0.4, 0.5) is 0 Å². The van der Waals surface area contributed by atoms with Crippen molar-refractivity contribution in [3.63, 3.8) is 0 Å². The van der Waals surface area contributed by atoms with Gasteiger partial charge in [0.15, 0.2) is 0 Å². The van der Waals surface area contributed by atoms with Crippen LogP contribution in [-0.2, 0) is 25.6 Å². The maximum absolute atomic E-state index is 13.4. The second kappa shape index (κ2) is 16.3. The molecule has 0 saturated heterocycles. The van der Waals surface area contributed by atoms with Crippen LogP contribution in [0.15, 0.2) is 30.5 Å². The zero-order valence-electron chi connectivity index (χ0n) is 21.4. The number of carbonyl (C=O) groups excluding carboxylic acids is 3. The predicted octanol–water partition coefficient (Wildman–Crippen LogP) is 0.389. The molecule has 1 aromatic heterocycles. The summed E-state index contributed by atoms with van der Waals surface area (Å²) in [4.78, 5) is 53.9. The summed E-state index contributed by atoms with van der Waals surface area (Å²) in [5.74, 6) is -2.36. The fourth-order valence-electron chi connectivity index (χ4n) is 3.88. The number of para-hydroxylation sites is 1. The van der Waals surface area contributed by atoms with Crippen molar-refractivity contribution in [2.45, 2.75) is 56.3 Å². The van der Waals surface area contributed by atoms with E-state index in [1.54, 1.807) is 18.0 Å². The first-order chi connectivity index (χ1) is 18.2. The third-order valence-corrected chi connectivity index (χ3v) is 7.09. The van der Waals surface area contributed by atoms with Crippen molar-refractivity contribution >= 4 is 59.0 Å². The number of aromatic nitrogens is 1. The number of hydrogen-bond acceptors (Lipinski definition) is 8. The Morgan fingerprint density at radius 1 is 1.00 bits per heavy atom. The highest BCUT2D eigenvalue weighted by Crippen LogP contribution is 2.19. The Morgan fingerprint density at radius 3 is 2.32 bits per heavy atom. The molecule has 0 aliphatic carbocycles. The third-order valence-electron chi connectivity index (χ3n) is 6.08. The molecule has 0 fully saturated rings. The SMILES string of the molecule is CSCCC(N)C(=O)NC(CCCCN)C(=O)NC(Cc1c[nH]c2ccccc12)C(=O)NC(CS)C(=O)O. The van der Waals surface area contributed by atoms with Gasteiger partial charge in [-0.1, -0.05) is 18.2 Å². The monoisotopic (exact) mass is 566 g/mol. The van der Waals surface area contributed by atoms with Crippen LogP contribution in [0, 0.1) is 0 Å². The van der Waals surface area contributed by atoms with Crippen molar-refractivity contribution in [2.75, 3.05) is 24.3 Å². The van der Waals surface area contributed by atoms with Gasteiger partial charge in [-0.2, -0.15) is 24.4 Å². The topological polar surface area (TPSA) is 192 Å². The minimum absolute atomic E-state index is 0.0944. The highest BCUT2D eigenvalue weighted by molar-refractivity contribution is 7.98. The van der Waals surface area contributed by atoms with Crippen LogP contribution in [0.2, 0.25) is 0 Å². The first kappa shape index (κ1) is 31.5. The van der Waals surface area contributed by atoms with E-state index in [0.29, 0.717) is 38.0 Å². The third kappa shape index (κ3) is 9.53. The molecular weight excluding hydrogens is 528 g/mol. The lowest BCUT2D eigenvalue weighted by Gasteiger charge is -2.25. The average Bonchev–Trinajstić information content (AvgIpc) is 3.31. The second-order valence-electron chi connectivity index (χ2n) is 8.94. The molecule has 9 N–H and O–H groups in total. The van der Waals surface area contributed by atoms with Crippen LogP contribution in [0.1, 0.15) is 31.2 Å². The van der Waals surface area contributed by atoms with Crippen LogP contribution in [0.25, 0.3) is 10.9 Å². The number of thiol groups is 1. The molecule has 2 rings (SSSR count). The van der Waals surface area contributed by atoms with Crippen LogP contribution in [0.3, 0.4) is 0 Å². The van der Waals surface area contributed by atoms with Crippen LogP contribution >= 0.6 is 24.4 Å². The van der Waals surface area contributed by atoms with E-state index in [9.17, 15) is 24.3 Å². The molecule has 0 saturated carbocycles. The van der Waals surface area contributed by atoms with Gasteiger partial charge in [-0.15, -0.1) is 0 Å². The number of nitrogens with two attached hydrogens (primary N) is 2. The Kier molecular flexibility index (Phi) is 13.5. The van der Waals surface area contributed by atoms with Gasteiger partial charge < -0.3 is 37.5 Å². The first-order valence-electron chi connectivity index (χ1n) is 12.5. The summed E-state index contributed by atoms with van der Waals surface area (Å²) in [6.07, 6.45) is 5.74. The summed E-state index contributed by atoms with van der Waals surface area (Å²) < 4.78 is 0. The number of fused-ring (bicyclic) bond motifs is 1. The number of benzene rings is 1. The molecule has 0 aliphatic heterocycles. The zero-order valence-corrected chi connectivity index (χ0v) is 23.2. The van der Waals surface area contributed by atoms with Crippen molar-refractivity contribution < 1.29 is 24.3 Å². The Morgan fingerprint density at radius 2 is 1.66 bits per heavy atom. The van der Waals surface area contributed by atoms with E-state index in [1.807, 2.05) is 30.5 Å². The number of thioether (sulfide) groups is 1. The summed E-state index contributed by atoms with van der Waals surface area (Å²) in [6.45, 7) is 0.432. The molecule has 38 heavy (non-hydrogen) atoms. The lowest BCUT2D eigenvalue weighted by Crippen LogP contribution is -2.57. The molecule has 0 aliphatic rings. The molecule has 4 atom stereocenters. The van der Waals surface area contributed by atoms with Crippen molar-refractivity contribution in [2.24, 2.45) is 11.5 Å². The Balaban J connectivity index is 2.27. The van der Waals surface area contributed by atoms with Gasteiger partial charge in [0.1, 0.15) is 18.1 Å². The van der Waals surface area contributed by atoms with Gasteiger partial charge in [-0.05, 0) is 55.9 Å². The molecule has 0 bridgehead atoms. The second-order valence-corrected chi connectivity index (χ2v) is 10.3. The van der Waals surface area contributed by atoms with Crippen LogP contribution < -0.4 is 27.4 Å². The quantitative estimate of drug-likeness (QED) is 0.0995. The van der Waals surface area contributed by atoms with E-state index in [0.717, 1.165) is 16.5 Å². The molecule has 1 aromatic carbocycles. The number of amides is 3. The average molecular weight is 567 g/mol. The van der Waals surface area contributed by atoms with Crippen molar-refractivity contribution in [1.29, 1.82) is 0 Å². The van der Waals surface area contributed by atoms with Gasteiger partial charge in [0, 0.05) is 29.3 Å². The molecule has 3 amide bonds. The number of aromatic amines is 1. The molecule has 11 nitrogen and oxygen atoms in total. The molecule has 13 heteroatoms. The number of hydrogen-bond donors (Lipinski definition) is 8. The Hall–Kier alpha value is -2.74.